The van der Waals surface area contributed by atoms with E-state index < -0.39 is 0 Å². The summed E-state index contributed by atoms with van der Waals surface area (Å²) in [5.74, 6) is 0. The molecule has 0 aliphatic heterocycles. The largest absolute Gasteiger partial charge is 0.456 e. The van der Waals surface area contributed by atoms with E-state index >= 15 is 0 Å². The molecule has 3 heteroatoms. The molecule has 0 aliphatic carbocycles. The van der Waals surface area contributed by atoms with Crippen LogP contribution in [0.5, 0.6) is 0 Å². The standard InChI is InChI=1S/C48H30N2O/c1-2-16-34(17-3-1)50-41-23-7-5-19-39(41)45-35(20-10-24-42(45)50)32-14-8-12-30(28-32)31-13-9-15-33(29-31)36-21-11-25-43-46(36)47-44(51-43)27-26-38-37-18-4-6-22-40(37)49-48(38)47/h1-29,49H. The molecule has 0 amide bonds. The van der Waals surface area contributed by atoms with Crippen molar-refractivity contribution in [3.8, 4) is 39.1 Å². The molecule has 51 heavy (non-hydrogen) atoms. The molecule has 238 valence electrons. The predicted octanol–water partition coefficient (Wildman–Crippen LogP) is 13.3. The third-order valence-corrected chi connectivity index (χ3v) is 10.5. The van der Waals surface area contributed by atoms with E-state index in [-0.39, 0.29) is 0 Å². The molecule has 0 saturated carbocycles. The Kier molecular flexibility index (Phi) is 5.96. The number of aromatic nitrogens is 2. The Morgan fingerprint density at radius 3 is 1.80 bits per heavy atom. The molecular weight excluding hydrogens is 621 g/mol. The summed E-state index contributed by atoms with van der Waals surface area (Å²) in [4.78, 5) is 3.71. The second kappa shape index (κ2) is 10.8. The van der Waals surface area contributed by atoms with E-state index in [1.165, 1.54) is 54.8 Å². The Hall–Kier alpha value is -6.84. The van der Waals surface area contributed by atoms with Crippen molar-refractivity contribution in [1.29, 1.82) is 0 Å². The average molecular weight is 651 g/mol. The van der Waals surface area contributed by atoms with Gasteiger partial charge >= 0.3 is 0 Å². The number of furan rings is 1. The second-order valence-electron chi connectivity index (χ2n) is 13.4. The summed E-state index contributed by atoms with van der Waals surface area (Å²) in [5.41, 5.74) is 14.7. The Balaban J connectivity index is 1.07. The number of nitrogens with one attached hydrogen (secondary N) is 1. The van der Waals surface area contributed by atoms with Gasteiger partial charge in [-0.15, -0.1) is 0 Å². The molecule has 0 spiro atoms. The van der Waals surface area contributed by atoms with E-state index in [2.05, 4.69) is 185 Å². The van der Waals surface area contributed by atoms with E-state index in [9.17, 15) is 0 Å². The van der Waals surface area contributed by atoms with E-state index in [0.29, 0.717) is 0 Å². The highest BCUT2D eigenvalue weighted by Gasteiger charge is 2.19. The minimum Gasteiger partial charge on any atom is -0.456 e. The van der Waals surface area contributed by atoms with Crippen LogP contribution in [0.4, 0.5) is 0 Å². The van der Waals surface area contributed by atoms with Gasteiger partial charge in [0.05, 0.1) is 21.9 Å². The maximum atomic E-state index is 6.47. The number of hydrogen-bond acceptors (Lipinski definition) is 1. The fourth-order valence-corrected chi connectivity index (χ4v) is 8.31. The zero-order valence-corrected chi connectivity index (χ0v) is 27.6. The van der Waals surface area contributed by atoms with E-state index in [0.717, 1.165) is 49.8 Å². The summed E-state index contributed by atoms with van der Waals surface area (Å²) in [5, 5.41) is 7.22. The van der Waals surface area contributed by atoms with Gasteiger partial charge in [0.1, 0.15) is 11.2 Å². The number of aromatic amines is 1. The monoisotopic (exact) mass is 650 g/mol. The molecule has 8 aromatic carbocycles. The normalized spacial score (nSPS) is 11.9. The van der Waals surface area contributed by atoms with Gasteiger partial charge in [-0.3, -0.25) is 0 Å². The minimum atomic E-state index is 0.892. The summed E-state index contributed by atoms with van der Waals surface area (Å²) >= 11 is 0. The Bertz CT molecular complexity index is 3140. The number of rotatable bonds is 4. The van der Waals surface area contributed by atoms with Crippen molar-refractivity contribution in [2.75, 3.05) is 0 Å². The van der Waals surface area contributed by atoms with E-state index in [1.54, 1.807) is 0 Å². The molecule has 11 aromatic rings. The van der Waals surface area contributed by atoms with Gasteiger partial charge in [-0.25, -0.2) is 0 Å². The van der Waals surface area contributed by atoms with Crippen molar-refractivity contribution < 1.29 is 4.42 Å². The molecule has 3 heterocycles. The number of fused-ring (bicyclic) bond motifs is 10. The van der Waals surface area contributed by atoms with Crippen LogP contribution in [0.25, 0.3) is 105 Å². The highest BCUT2D eigenvalue weighted by atomic mass is 16.3. The molecule has 0 radical (unpaired) electrons. The third kappa shape index (κ3) is 4.19. The van der Waals surface area contributed by atoms with Gasteiger partial charge in [0, 0.05) is 38.1 Å². The molecule has 0 bridgehead atoms. The van der Waals surface area contributed by atoms with Gasteiger partial charge in [0.15, 0.2) is 0 Å². The second-order valence-corrected chi connectivity index (χ2v) is 13.4. The molecule has 1 N–H and O–H groups in total. The smallest absolute Gasteiger partial charge is 0.137 e. The fraction of sp³-hybridized carbons (Fsp3) is 0. The Labute approximate surface area is 293 Å². The van der Waals surface area contributed by atoms with Gasteiger partial charge in [-0.05, 0) is 94.0 Å². The van der Waals surface area contributed by atoms with Crippen LogP contribution in [0.3, 0.4) is 0 Å². The lowest BCUT2D eigenvalue weighted by Crippen LogP contribution is -1.92. The molecule has 0 saturated heterocycles. The molecule has 0 unspecified atom stereocenters. The van der Waals surface area contributed by atoms with Gasteiger partial charge in [-0.1, -0.05) is 115 Å². The fourth-order valence-electron chi connectivity index (χ4n) is 8.31. The van der Waals surface area contributed by atoms with Crippen molar-refractivity contribution >= 4 is 65.6 Å². The minimum absolute atomic E-state index is 0.892. The maximum absolute atomic E-state index is 6.47. The lowest BCUT2D eigenvalue weighted by Gasteiger charge is -2.11. The van der Waals surface area contributed by atoms with Crippen LogP contribution in [-0.2, 0) is 0 Å². The average Bonchev–Trinajstić information content (AvgIpc) is 3.88. The van der Waals surface area contributed by atoms with Gasteiger partial charge in [0.25, 0.3) is 0 Å². The molecule has 3 aromatic heterocycles. The highest BCUT2D eigenvalue weighted by Crippen LogP contribution is 2.43. The Morgan fingerprint density at radius 2 is 1.00 bits per heavy atom. The lowest BCUT2D eigenvalue weighted by molar-refractivity contribution is 0.669. The summed E-state index contributed by atoms with van der Waals surface area (Å²) in [6, 6.07) is 63.2. The first-order valence-electron chi connectivity index (χ1n) is 17.4. The molecule has 0 atom stereocenters. The van der Waals surface area contributed by atoms with Crippen molar-refractivity contribution in [2.45, 2.75) is 0 Å². The number of nitrogens with zero attached hydrogens (tertiary/aromatic N) is 1. The first-order chi connectivity index (χ1) is 25.3. The summed E-state index contributed by atoms with van der Waals surface area (Å²) in [6.07, 6.45) is 0. The van der Waals surface area contributed by atoms with Crippen molar-refractivity contribution in [1.82, 2.24) is 9.55 Å². The molecule has 3 nitrogen and oxygen atoms in total. The quantitative estimate of drug-likeness (QED) is 0.202. The van der Waals surface area contributed by atoms with Gasteiger partial charge < -0.3 is 14.0 Å². The van der Waals surface area contributed by atoms with Crippen LogP contribution in [0.2, 0.25) is 0 Å². The zero-order valence-electron chi connectivity index (χ0n) is 27.6. The zero-order chi connectivity index (χ0) is 33.5. The van der Waals surface area contributed by atoms with Crippen LogP contribution < -0.4 is 0 Å². The lowest BCUT2D eigenvalue weighted by atomic mass is 9.93. The molecule has 11 rings (SSSR count). The topological polar surface area (TPSA) is 33.9 Å². The van der Waals surface area contributed by atoms with Crippen LogP contribution in [0, 0.1) is 0 Å². The Morgan fingerprint density at radius 1 is 0.392 bits per heavy atom. The highest BCUT2D eigenvalue weighted by molar-refractivity contribution is 6.26. The van der Waals surface area contributed by atoms with E-state index in [1.807, 2.05) is 0 Å². The van der Waals surface area contributed by atoms with Gasteiger partial charge in [0.2, 0.25) is 0 Å². The van der Waals surface area contributed by atoms with Crippen LogP contribution in [0.15, 0.2) is 180 Å². The summed E-state index contributed by atoms with van der Waals surface area (Å²) < 4.78 is 8.85. The SMILES string of the molecule is c1ccc(-n2c3ccccc3c3c(-c4cccc(-c5cccc(-c6cccc7oc8ccc9c%10ccccc%10[nH]c9c8c67)c5)c4)cccc32)cc1. The predicted molar refractivity (Wildman–Crippen MR) is 214 cm³/mol. The number of hydrogen-bond donors (Lipinski definition) is 1. The number of H-pyrrole nitrogens is 1. The van der Waals surface area contributed by atoms with E-state index in [4.69, 9.17) is 4.42 Å². The summed E-state index contributed by atoms with van der Waals surface area (Å²) in [6.45, 7) is 0. The molecule has 0 aliphatic rings. The first kappa shape index (κ1) is 28.0. The third-order valence-electron chi connectivity index (χ3n) is 10.5. The number of para-hydroxylation sites is 3. The summed E-state index contributed by atoms with van der Waals surface area (Å²) in [7, 11) is 0. The maximum Gasteiger partial charge on any atom is 0.137 e. The van der Waals surface area contributed by atoms with Gasteiger partial charge in [-0.2, -0.15) is 0 Å². The van der Waals surface area contributed by atoms with Crippen molar-refractivity contribution in [3.05, 3.63) is 176 Å². The van der Waals surface area contributed by atoms with Crippen LogP contribution in [-0.4, -0.2) is 9.55 Å². The van der Waals surface area contributed by atoms with Crippen molar-refractivity contribution in [2.24, 2.45) is 0 Å². The van der Waals surface area contributed by atoms with Crippen LogP contribution in [0.1, 0.15) is 0 Å². The number of benzene rings is 8. The molecular formula is C48H30N2O. The first-order valence-corrected chi connectivity index (χ1v) is 17.4. The van der Waals surface area contributed by atoms with Crippen molar-refractivity contribution in [3.63, 3.8) is 0 Å². The van der Waals surface area contributed by atoms with Crippen LogP contribution >= 0.6 is 0 Å². The molecule has 0 fully saturated rings.